The van der Waals surface area contributed by atoms with Crippen molar-refractivity contribution in [3.8, 4) is 28.3 Å². The Kier molecular flexibility index (Phi) is 9.25. The summed E-state index contributed by atoms with van der Waals surface area (Å²) in [5.74, 6) is -0.000132. The van der Waals surface area contributed by atoms with Gasteiger partial charge in [-0.3, -0.25) is 9.59 Å². The molecule has 0 aliphatic heterocycles. The Morgan fingerprint density at radius 2 is 1.81 bits per heavy atom. The average Bonchev–Trinajstić information content (AvgIpc) is 2.99. The second-order valence-corrected chi connectivity index (χ2v) is 11.3. The zero-order valence-electron chi connectivity index (χ0n) is 24.8. The summed E-state index contributed by atoms with van der Waals surface area (Å²) in [5, 5.41) is 21.1. The van der Waals surface area contributed by atoms with Crippen molar-refractivity contribution in [1.82, 2.24) is 20.1 Å². The number of aryl methyl sites for hydroxylation is 2. The highest BCUT2D eigenvalue weighted by molar-refractivity contribution is 6.36. The van der Waals surface area contributed by atoms with Crippen LogP contribution in [0.1, 0.15) is 52.7 Å². The number of halogens is 1. The molecule has 0 unspecified atom stereocenters. The third kappa shape index (κ3) is 6.34. The number of rotatable bonds is 8. The third-order valence-electron chi connectivity index (χ3n) is 8.17. The number of methoxy groups -OCH3 is 1. The van der Waals surface area contributed by atoms with Gasteiger partial charge in [0.05, 0.1) is 23.9 Å². The lowest BCUT2D eigenvalue weighted by Gasteiger charge is -2.29. The van der Waals surface area contributed by atoms with E-state index in [0.29, 0.717) is 28.8 Å². The number of ether oxygens (including phenoxy) is 1. The topological polar surface area (TPSA) is 118 Å². The van der Waals surface area contributed by atoms with Crippen LogP contribution in [-0.2, 0) is 13.6 Å². The lowest BCUT2D eigenvalue weighted by Crippen LogP contribution is -2.41. The Morgan fingerprint density at radius 3 is 2.58 bits per heavy atom. The summed E-state index contributed by atoms with van der Waals surface area (Å²) in [5.41, 5.74) is 5.89. The Hall–Kier alpha value is -4.05. The van der Waals surface area contributed by atoms with Crippen LogP contribution < -0.4 is 20.9 Å². The lowest BCUT2D eigenvalue weighted by molar-refractivity contribution is 0.0901. The molecule has 0 spiro atoms. The highest BCUT2D eigenvalue weighted by Gasteiger charge is 2.24. The van der Waals surface area contributed by atoms with Gasteiger partial charge in [0, 0.05) is 48.2 Å². The first-order chi connectivity index (χ1) is 20.7. The molecule has 9 nitrogen and oxygen atoms in total. The number of aliphatic hydroxyl groups is 1. The molecule has 5 rings (SSSR count). The molecule has 1 aliphatic carbocycles. The Bertz CT molecular complexity index is 1720. The molecule has 1 saturated carbocycles. The predicted octanol–water partition coefficient (Wildman–Crippen LogP) is 5.43. The number of aromatic nitrogens is 3. The minimum absolute atomic E-state index is 0.00582. The first-order valence-corrected chi connectivity index (χ1v) is 14.8. The van der Waals surface area contributed by atoms with E-state index < -0.39 is 11.5 Å². The Morgan fingerprint density at radius 1 is 1.09 bits per heavy atom. The number of nitrogens with zero attached hydrogens (tertiary/aromatic N) is 3. The van der Waals surface area contributed by atoms with E-state index in [1.807, 2.05) is 50.2 Å². The molecule has 224 valence electrons. The number of carbonyl (C=O) groups is 1. The highest BCUT2D eigenvalue weighted by atomic mass is 35.5. The zero-order chi connectivity index (χ0) is 30.7. The van der Waals surface area contributed by atoms with Crippen LogP contribution in [0.25, 0.3) is 22.4 Å². The lowest BCUT2D eigenvalue weighted by atomic mass is 9.92. The van der Waals surface area contributed by atoms with Crippen molar-refractivity contribution >= 4 is 23.2 Å². The molecule has 0 radical (unpaired) electrons. The number of hydrogen-bond donors (Lipinski definition) is 3. The van der Waals surface area contributed by atoms with Gasteiger partial charge in [0.15, 0.2) is 0 Å². The largest absolute Gasteiger partial charge is 0.481 e. The normalized spacial score (nSPS) is 16.6. The van der Waals surface area contributed by atoms with Gasteiger partial charge in [0.25, 0.3) is 11.5 Å². The van der Waals surface area contributed by atoms with Crippen molar-refractivity contribution in [2.45, 2.75) is 58.2 Å². The molecular formula is C33H36ClN5O4. The minimum Gasteiger partial charge on any atom is -0.481 e. The van der Waals surface area contributed by atoms with Gasteiger partial charge in [0.1, 0.15) is 5.56 Å². The molecule has 10 heteroatoms. The van der Waals surface area contributed by atoms with Crippen molar-refractivity contribution in [3.05, 3.63) is 92.4 Å². The van der Waals surface area contributed by atoms with Gasteiger partial charge in [0.2, 0.25) is 5.88 Å². The van der Waals surface area contributed by atoms with E-state index >= 15 is 0 Å². The second-order valence-electron chi connectivity index (χ2n) is 10.9. The summed E-state index contributed by atoms with van der Waals surface area (Å²) in [6.07, 6.45) is 5.01. The maximum atomic E-state index is 13.0. The highest BCUT2D eigenvalue weighted by Crippen LogP contribution is 2.40. The summed E-state index contributed by atoms with van der Waals surface area (Å²) < 4.78 is 6.83. The van der Waals surface area contributed by atoms with E-state index in [2.05, 4.69) is 15.7 Å². The first kappa shape index (κ1) is 30.4. The molecule has 4 aromatic rings. The Labute approximate surface area is 255 Å². The number of aliphatic hydroxyl groups excluding tert-OH is 1. The first-order valence-electron chi connectivity index (χ1n) is 14.4. The monoisotopic (exact) mass is 601 g/mol. The van der Waals surface area contributed by atoms with Crippen LogP contribution in [0.4, 0.5) is 5.69 Å². The smallest absolute Gasteiger partial charge is 0.279 e. The van der Waals surface area contributed by atoms with Gasteiger partial charge >= 0.3 is 0 Å². The van der Waals surface area contributed by atoms with Gasteiger partial charge in [-0.15, -0.1) is 0 Å². The number of pyridine rings is 1. The number of anilines is 1. The molecule has 1 fully saturated rings. The quantitative estimate of drug-likeness (QED) is 0.246. The van der Waals surface area contributed by atoms with E-state index in [0.717, 1.165) is 63.7 Å². The predicted molar refractivity (Wildman–Crippen MR) is 169 cm³/mol. The van der Waals surface area contributed by atoms with Gasteiger partial charge in [-0.25, -0.2) is 9.67 Å². The number of nitrogens with one attached hydrogen (secondary N) is 2. The summed E-state index contributed by atoms with van der Waals surface area (Å²) in [7, 11) is 3.10. The van der Waals surface area contributed by atoms with Crippen molar-refractivity contribution in [2.24, 2.45) is 7.05 Å². The van der Waals surface area contributed by atoms with Crippen LogP contribution in [0, 0.1) is 13.8 Å². The fourth-order valence-electron chi connectivity index (χ4n) is 5.64. The standard InChI is InChI=1S/C33H36ClN5O4/c1-19-17-28(38-32(43-4)25(19)18-35-27-12-5-6-14-29(27)40)23-11-7-10-22(30(23)34)21-9-8-13-26(20(21)2)37-31(41)24-15-16-36-39(3)33(24)42/h7-11,13,15-17,27,29,35,40H,5-6,12,14,18H2,1-4H3,(H,37,41)/t27-,29+/m1/s1. The SMILES string of the molecule is COc1nc(-c2cccc(-c3cccc(NC(=O)c4ccnn(C)c4=O)c3C)c2Cl)cc(C)c1CN[C@@H]1CCCC[C@@H]1O. The molecular weight excluding hydrogens is 566 g/mol. The van der Waals surface area contributed by atoms with Crippen LogP contribution in [0.15, 0.2) is 59.5 Å². The van der Waals surface area contributed by atoms with Crippen LogP contribution in [0.3, 0.4) is 0 Å². The molecule has 2 aromatic heterocycles. The van der Waals surface area contributed by atoms with E-state index in [4.69, 9.17) is 21.3 Å². The van der Waals surface area contributed by atoms with Crippen molar-refractivity contribution in [1.29, 1.82) is 0 Å². The van der Waals surface area contributed by atoms with Gasteiger partial charge in [-0.1, -0.05) is 54.8 Å². The van der Waals surface area contributed by atoms with Crippen molar-refractivity contribution in [3.63, 3.8) is 0 Å². The van der Waals surface area contributed by atoms with E-state index in [-0.39, 0.29) is 17.7 Å². The molecule has 0 bridgehead atoms. The summed E-state index contributed by atoms with van der Waals surface area (Å²) in [6, 6.07) is 14.8. The van der Waals surface area contributed by atoms with Crippen LogP contribution in [0.2, 0.25) is 5.02 Å². The molecule has 2 aromatic carbocycles. The van der Waals surface area contributed by atoms with Gasteiger partial charge in [-0.2, -0.15) is 5.10 Å². The summed E-state index contributed by atoms with van der Waals surface area (Å²) >= 11 is 7.05. The van der Waals surface area contributed by atoms with E-state index in [1.54, 1.807) is 13.2 Å². The molecule has 43 heavy (non-hydrogen) atoms. The molecule has 0 saturated heterocycles. The average molecular weight is 602 g/mol. The van der Waals surface area contributed by atoms with E-state index in [9.17, 15) is 14.7 Å². The van der Waals surface area contributed by atoms with E-state index in [1.165, 1.54) is 19.3 Å². The van der Waals surface area contributed by atoms with Crippen LogP contribution >= 0.6 is 11.6 Å². The maximum Gasteiger partial charge on any atom is 0.279 e. The second kappa shape index (κ2) is 13.1. The Balaban J connectivity index is 1.44. The molecule has 2 atom stereocenters. The number of carbonyl (C=O) groups excluding carboxylic acids is 1. The summed E-state index contributed by atoms with van der Waals surface area (Å²) in [4.78, 5) is 30.2. The fraction of sp³-hybridized carbons (Fsp3) is 0.333. The number of amides is 1. The molecule has 2 heterocycles. The molecule has 3 N–H and O–H groups in total. The van der Waals surface area contributed by atoms with Crippen molar-refractivity contribution < 1.29 is 14.6 Å². The number of hydrogen-bond acceptors (Lipinski definition) is 7. The minimum atomic E-state index is -0.512. The van der Waals surface area contributed by atoms with Gasteiger partial charge < -0.3 is 20.5 Å². The van der Waals surface area contributed by atoms with Gasteiger partial charge in [-0.05, 0) is 61.6 Å². The number of benzene rings is 2. The molecule has 1 aliphatic rings. The maximum absolute atomic E-state index is 13.0. The fourth-order valence-corrected chi connectivity index (χ4v) is 5.97. The molecule has 1 amide bonds. The van der Waals surface area contributed by atoms with Crippen molar-refractivity contribution in [2.75, 3.05) is 12.4 Å². The third-order valence-corrected chi connectivity index (χ3v) is 8.58. The summed E-state index contributed by atoms with van der Waals surface area (Å²) in [6.45, 7) is 4.46. The van der Waals surface area contributed by atoms with Crippen LogP contribution in [0.5, 0.6) is 5.88 Å². The zero-order valence-corrected chi connectivity index (χ0v) is 25.5. The van der Waals surface area contributed by atoms with Crippen LogP contribution in [-0.4, -0.2) is 45.0 Å².